The van der Waals surface area contributed by atoms with Crippen LogP contribution in [0.1, 0.15) is 22.3 Å². The maximum Gasteiger partial charge on any atom is 0.0182 e. The molecule has 1 unspecified atom stereocenters. The number of benzene rings is 1. The Morgan fingerprint density at radius 2 is 1.93 bits per heavy atom. The van der Waals surface area contributed by atoms with Crippen molar-refractivity contribution in [3.63, 3.8) is 0 Å². The normalized spacial score (nSPS) is 15.2. The molecule has 2 rings (SSSR count). The van der Waals surface area contributed by atoms with Gasteiger partial charge in [-0.1, -0.05) is 12.1 Å². The fourth-order valence-electron chi connectivity index (χ4n) is 1.82. The number of nitrogens with one attached hydrogen (secondary N) is 1. The van der Waals surface area contributed by atoms with E-state index in [0.29, 0.717) is 0 Å². The quantitative estimate of drug-likeness (QED) is 0.642. The molecule has 1 aromatic rings. The van der Waals surface area contributed by atoms with Crippen molar-refractivity contribution in [1.29, 1.82) is 0 Å². The molecule has 0 saturated carbocycles. The predicted molar refractivity (Wildman–Crippen MR) is 65.3 cm³/mol. The molecule has 1 aliphatic heterocycles. The number of hydrogen-bond acceptors (Lipinski definition) is 1. The minimum absolute atomic E-state index is 1.04. The second kappa shape index (κ2) is 3.74. The van der Waals surface area contributed by atoms with Crippen LogP contribution in [0, 0.1) is 13.8 Å². The van der Waals surface area contributed by atoms with Crippen LogP contribution in [0.4, 0.5) is 0 Å². The van der Waals surface area contributed by atoms with Gasteiger partial charge in [0.05, 0.1) is 0 Å². The third kappa shape index (κ3) is 1.69. The summed E-state index contributed by atoms with van der Waals surface area (Å²) in [6.07, 6.45) is 3.20. The molecule has 0 spiro atoms. The monoisotopic (exact) mass is 205 g/mol. The van der Waals surface area contributed by atoms with E-state index in [-0.39, 0.29) is 0 Å². The van der Waals surface area contributed by atoms with Gasteiger partial charge in [-0.15, -0.1) is 9.24 Å². The number of fused-ring (bicyclic) bond motifs is 1. The summed E-state index contributed by atoms with van der Waals surface area (Å²) in [4.78, 5) is 0. The molecule has 74 valence electrons. The van der Waals surface area contributed by atoms with Crippen molar-refractivity contribution in [2.45, 2.75) is 20.3 Å². The molecule has 1 atom stereocenters. The molecule has 0 amide bonds. The zero-order chi connectivity index (χ0) is 10.1. The number of hydrogen-bond donors (Lipinski definition) is 1. The van der Waals surface area contributed by atoms with Gasteiger partial charge in [0.15, 0.2) is 0 Å². The Morgan fingerprint density at radius 3 is 2.71 bits per heavy atom. The van der Waals surface area contributed by atoms with Gasteiger partial charge in [-0.3, -0.25) is 0 Å². The van der Waals surface area contributed by atoms with E-state index in [2.05, 4.69) is 46.7 Å². The number of rotatable bonds is 0. The Bertz CT molecular complexity index is 394. The fraction of sp³-hybridized carbons (Fsp3) is 0.333. The van der Waals surface area contributed by atoms with Crippen LogP contribution >= 0.6 is 9.24 Å². The molecule has 1 aromatic carbocycles. The summed E-state index contributed by atoms with van der Waals surface area (Å²) in [6.45, 7) is 5.39. The smallest absolute Gasteiger partial charge is 0.0182 e. The van der Waals surface area contributed by atoms with E-state index >= 15 is 0 Å². The second-order valence-corrected chi connectivity index (χ2v) is 4.52. The molecule has 0 aromatic heterocycles. The van der Waals surface area contributed by atoms with Crippen LogP contribution in [0.5, 0.6) is 0 Å². The van der Waals surface area contributed by atoms with E-state index < -0.39 is 0 Å². The maximum absolute atomic E-state index is 3.30. The van der Waals surface area contributed by atoms with Gasteiger partial charge in [0.2, 0.25) is 0 Å². The molecule has 1 aliphatic rings. The molecule has 2 heteroatoms. The standard InChI is InChI=1S/C12H16NP/c1-8-5-10-3-4-13-7-12(14)11(10)6-9(8)2/h5-7,13H,3-4,14H2,1-2H3. The van der Waals surface area contributed by atoms with Crippen LogP contribution in [0.25, 0.3) is 5.31 Å². The Balaban J connectivity index is 2.58. The zero-order valence-electron chi connectivity index (χ0n) is 8.72. The van der Waals surface area contributed by atoms with Crippen molar-refractivity contribution >= 4 is 14.6 Å². The summed E-state index contributed by atoms with van der Waals surface area (Å²) in [5.41, 5.74) is 5.60. The van der Waals surface area contributed by atoms with Gasteiger partial charge in [-0.2, -0.15) is 0 Å². The minimum atomic E-state index is 1.04. The molecule has 1 N–H and O–H groups in total. The van der Waals surface area contributed by atoms with Crippen molar-refractivity contribution in [2.24, 2.45) is 0 Å². The lowest BCUT2D eigenvalue weighted by Gasteiger charge is -2.10. The van der Waals surface area contributed by atoms with E-state index in [9.17, 15) is 0 Å². The molecule has 0 bridgehead atoms. The highest BCUT2D eigenvalue weighted by Crippen LogP contribution is 2.28. The SMILES string of the molecule is Cc1cc2c(cc1C)C(P)=CNCC2. The third-order valence-corrected chi connectivity index (χ3v) is 3.30. The first-order valence-corrected chi connectivity index (χ1v) is 5.56. The van der Waals surface area contributed by atoms with Gasteiger partial charge in [-0.05, 0) is 47.8 Å². The topological polar surface area (TPSA) is 12.0 Å². The van der Waals surface area contributed by atoms with Gasteiger partial charge in [0.1, 0.15) is 0 Å². The van der Waals surface area contributed by atoms with E-state index in [1.165, 1.54) is 27.6 Å². The van der Waals surface area contributed by atoms with Gasteiger partial charge >= 0.3 is 0 Å². The molecule has 1 heterocycles. The second-order valence-electron chi connectivity index (χ2n) is 3.90. The zero-order valence-corrected chi connectivity index (χ0v) is 9.88. The van der Waals surface area contributed by atoms with Crippen LogP contribution in [0.15, 0.2) is 18.3 Å². The average molecular weight is 205 g/mol. The Morgan fingerprint density at radius 1 is 1.21 bits per heavy atom. The first kappa shape index (κ1) is 9.73. The van der Waals surface area contributed by atoms with Crippen molar-refractivity contribution in [3.8, 4) is 0 Å². The van der Waals surface area contributed by atoms with Crippen molar-refractivity contribution in [3.05, 3.63) is 40.6 Å². The summed E-state index contributed by atoms with van der Waals surface area (Å²) in [7, 11) is 2.80. The minimum Gasteiger partial charge on any atom is -0.390 e. The largest absolute Gasteiger partial charge is 0.390 e. The molecule has 1 nitrogen and oxygen atoms in total. The summed E-state index contributed by atoms with van der Waals surface area (Å²) in [5.74, 6) is 0. The summed E-state index contributed by atoms with van der Waals surface area (Å²) in [5, 5.41) is 4.56. The molecule has 0 radical (unpaired) electrons. The van der Waals surface area contributed by atoms with Gasteiger partial charge in [-0.25, -0.2) is 0 Å². The Labute approximate surface area is 87.8 Å². The van der Waals surface area contributed by atoms with Crippen LogP contribution in [-0.2, 0) is 6.42 Å². The van der Waals surface area contributed by atoms with Crippen LogP contribution in [0.3, 0.4) is 0 Å². The maximum atomic E-state index is 3.30. The van der Waals surface area contributed by atoms with E-state index in [1.807, 2.05) is 0 Å². The Hall–Kier alpha value is -0.810. The molecule has 0 saturated heterocycles. The van der Waals surface area contributed by atoms with Gasteiger partial charge < -0.3 is 5.32 Å². The molecular formula is C12H16NP. The lowest BCUT2D eigenvalue weighted by Crippen LogP contribution is -2.07. The highest BCUT2D eigenvalue weighted by atomic mass is 31.0. The van der Waals surface area contributed by atoms with Gasteiger partial charge in [0.25, 0.3) is 0 Å². The van der Waals surface area contributed by atoms with Crippen molar-refractivity contribution < 1.29 is 0 Å². The molecule has 0 fully saturated rings. The highest BCUT2D eigenvalue weighted by Gasteiger charge is 2.09. The average Bonchev–Trinajstić information content (AvgIpc) is 2.31. The Kier molecular flexibility index (Phi) is 2.60. The lowest BCUT2D eigenvalue weighted by atomic mass is 9.98. The molecular weight excluding hydrogens is 189 g/mol. The van der Waals surface area contributed by atoms with Gasteiger partial charge in [0, 0.05) is 12.7 Å². The summed E-state index contributed by atoms with van der Waals surface area (Å²) >= 11 is 0. The van der Waals surface area contributed by atoms with Crippen LogP contribution in [-0.4, -0.2) is 6.54 Å². The first-order valence-electron chi connectivity index (χ1n) is 4.98. The highest BCUT2D eigenvalue weighted by molar-refractivity contribution is 7.31. The van der Waals surface area contributed by atoms with E-state index in [4.69, 9.17) is 0 Å². The summed E-state index contributed by atoms with van der Waals surface area (Å²) < 4.78 is 0. The first-order chi connectivity index (χ1) is 6.68. The predicted octanol–water partition coefficient (Wildman–Crippen LogP) is 2.62. The number of aryl methyl sites for hydroxylation is 2. The van der Waals surface area contributed by atoms with Crippen LogP contribution < -0.4 is 5.32 Å². The third-order valence-electron chi connectivity index (χ3n) is 2.83. The summed E-state index contributed by atoms with van der Waals surface area (Å²) in [6, 6.07) is 4.60. The molecule has 0 aliphatic carbocycles. The van der Waals surface area contributed by atoms with Crippen LogP contribution in [0.2, 0.25) is 0 Å². The van der Waals surface area contributed by atoms with E-state index in [1.54, 1.807) is 0 Å². The fourth-order valence-corrected chi connectivity index (χ4v) is 2.20. The lowest BCUT2D eigenvalue weighted by molar-refractivity contribution is 0.842. The van der Waals surface area contributed by atoms with E-state index in [0.717, 1.165) is 13.0 Å². The van der Waals surface area contributed by atoms with Crippen molar-refractivity contribution in [1.82, 2.24) is 5.32 Å². The molecule has 14 heavy (non-hydrogen) atoms. The van der Waals surface area contributed by atoms with Crippen molar-refractivity contribution in [2.75, 3.05) is 6.54 Å².